The normalized spacial score (nSPS) is 10.6. The van der Waals surface area contributed by atoms with Crippen molar-refractivity contribution in [2.24, 2.45) is 0 Å². The number of fused-ring (bicyclic) bond motifs is 1. The molecule has 0 aliphatic carbocycles. The quantitative estimate of drug-likeness (QED) is 0.733. The van der Waals surface area contributed by atoms with Gasteiger partial charge in [-0.15, -0.1) is 0 Å². The highest BCUT2D eigenvalue weighted by molar-refractivity contribution is 6.06. The molecule has 26 heavy (non-hydrogen) atoms. The third-order valence-corrected chi connectivity index (χ3v) is 4.06. The van der Waals surface area contributed by atoms with Crippen LogP contribution in [0.3, 0.4) is 0 Å². The second-order valence-electron chi connectivity index (χ2n) is 5.76. The Morgan fingerprint density at radius 1 is 1.08 bits per heavy atom. The highest BCUT2D eigenvalue weighted by Crippen LogP contribution is 2.29. The molecule has 0 saturated carbocycles. The highest BCUT2D eigenvalue weighted by atomic mass is 16.5. The average molecular weight is 352 g/mol. The van der Waals surface area contributed by atoms with Gasteiger partial charge in [0.15, 0.2) is 5.76 Å². The van der Waals surface area contributed by atoms with Gasteiger partial charge in [0.1, 0.15) is 11.3 Å². The van der Waals surface area contributed by atoms with E-state index in [-0.39, 0.29) is 17.6 Å². The molecule has 1 heterocycles. The van der Waals surface area contributed by atoms with Crippen molar-refractivity contribution in [3.8, 4) is 5.75 Å². The molecule has 6 heteroatoms. The van der Waals surface area contributed by atoms with Gasteiger partial charge in [-0.05, 0) is 56.3 Å². The summed E-state index contributed by atoms with van der Waals surface area (Å²) < 4.78 is 11.2. The number of aryl methyl sites for hydroxylation is 1. The van der Waals surface area contributed by atoms with E-state index in [1.807, 2.05) is 26.0 Å². The maximum atomic E-state index is 12.6. The molecule has 6 nitrogen and oxygen atoms in total. The van der Waals surface area contributed by atoms with E-state index in [4.69, 9.17) is 9.15 Å². The Balaban J connectivity index is 1.83. The lowest BCUT2D eigenvalue weighted by atomic mass is 10.1. The van der Waals surface area contributed by atoms with E-state index in [0.717, 1.165) is 16.7 Å². The lowest BCUT2D eigenvalue weighted by molar-refractivity contribution is 0.0962. The number of amides is 2. The molecule has 2 aromatic carbocycles. The predicted molar refractivity (Wildman–Crippen MR) is 99.9 cm³/mol. The Morgan fingerprint density at radius 3 is 2.46 bits per heavy atom. The van der Waals surface area contributed by atoms with E-state index in [2.05, 4.69) is 10.6 Å². The molecular weight excluding hydrogens is 332 g/mol. The Labute approximate surface area is 151 Å². The van der Waals surface area contributed by atoms with Crippen LogP contribution in [0.4, 0.5) is 5.69 Å². The van der Waals surface area contributed by atoms with Crippen LogP contribution in [-0.2, 0) is 0 Å². The van der Waals surface area contributed by atoms with Crippen molar-refractivity contribution < 1.29 is 18.7 Å². The predicted octanol–water partition coefficient (Wildman–Crippen LogP) is 3.75. The topological polar surface area (TPSA) is 80.6 Å². The van der Waals surface area contributed by atoms with E-state index in [1.165, 1.54) is 0 Å². The molecule has 1 aromatic heterocycles. The van der Waals surface area contributed by atoms with Crippen molar-refractivity contribution in [2.75, 3.05) is 19.0 Å². The van der Waals surface area contributed by atoms with Crippen molar-refractivity contribution in [3.05, 3.63) is 59.4 Å². The molecular formula is C20H20N2O4. The largest absolute Gasteiger partial charge is 0.494 e. The van der Waals surface area contributed by atoms with Crippen molar-refractivity contribution in [2.45, 2.75) is 13.8 Å². The SMILES string of the molecule is CCOc1ccc2oc(C(=O)Nc3ccc(C(=O)NC)cc3)c(C)c2c1. The Kier molecular flexibility index (Phi) is 4.93. The fourth-order valence-electron chi connectivity index (χ4n) is 2.71. The summed E-state index contributed by atoms with van der Waals surface area (Å²) in [5.41, 5.74) is 2.48. The van der Waals surface area contributed by atoms with Crippen LogP contribution in [0.25, 0.3) is 11.0 Å². The van der Waals surface area contributed by atoms with Gasteiger partial charge in [-0.2, -0.15) is 0 Å². The molecule has 3 rings (SSSR count). The smallest absolute Gasteiger partial charge is 0.291 e. The van der Waals surface area contributed by atoms with E-state index in [1.54, 1.807) is 37.4 Å². The van der Waals surface area contributed by atoms with Crippen molar-refractivity contribution in [3.63, 3.8) is 0 Å². The number of anilines is 1. The van der Waals surface area contributed by atoms with E-state index in [0.29, 0.717) is 23.4 Å². The number of benzene rings is 2. The zero-order chi connectivity index (χ0) is 18.7. The van der Waals surface area contributed by atoms with Crippen molar-refractivity contribution in [1.82, 2.24) is 5.32 Å². The van der Waals surface area contributed by atoms with Gasteiger partial charge < -0.3 is 19.8 Å². The summed E-state index contributed by atoms with van der Waals surface area (Å²) >= 11 is 0. The summed E-state index contributed by atoms with van der Waals surface area (Å²) in [5, 5.41) is 6.18. The molecule has 2 amide bonds. The molecule has 0 aliphatic rings. The highest BCUT2D eigenvalue weighted by Gasteiger charge is 2.18. The number of ether oxygens (including phenoxy) is 1. The first kappa shape index (κ1) is 17.5. The standard InChI is InChI=1S/C20H20N2O4/c1-4-25-15-9-10-17-16(11-15)12(2)18(26-17)20(24)22-14-7-5-13(6-8-14)19(23)21-3/h5-11H,4H2,1-3H3,(H,21,23)(H,22,24). The number of carbonyl (C=O) groups is 2. The van der Waals surface area contributed by atoms with Crippen LogP contribution in [0.2, 0.25) is 0 Å². The zero-order valence-corrected chi connectivity index (χ0v) is 14.9. The molecule has 0 fully saturated rings. The lowest BCUT2D eigenvalue weighted by Gasteiger charge is -2.05. The third-order valence-electron chi connectivity index (χ3n) is 4.06. The Bertz CT molecular complexity index is 958. The number of hydrogen-bond donors (Lipinski definition) is 2. The average Bonchev–Trinajstić information content (AvgIpc) is 2.98. The van der Waals surface area contributed by atoms with E-state index in [9.17, 15) is 9.59 Å². The molecule has 0 aliphatic heterocycles. The third kappa shape index (κ3) is 3.39. The summed E-state index contributed by atoms with van der Waals surface area (Å²) in [4.78, 5) is 24.1. The first-order valence-electron chi connectivity index (χ1n) is 8.33. The minimum Gasteiger partial charge on any atom is -0.494 e. The summed E-state index contributed by atoms with van der Waals surface area (Å²) in [5.74, 6) is 0.468. The van der Waals surface area contributed by atoms with Gasteiger partial charge >= 0.3 is 0 Å². The molecule has 0 unspecified atom stereocenters. The van der Waals surface area contributed by atoms with Crippen LogP contribution >= 0.6 is 0 Å². The van der Waals surface area contributed by atoms with Crippen LogP contribution in [0.5, 0.6) is 5.75 Å². The van der Waals surface area contributed by atoms with Gasteiger partial charge in [0.2, 0.25) is 0 Å². The van der Waals surface area contributed by atoms with Gasteiger partial charge in [0.25, 0.3) is 11.8 Å². The Hall–Kier alpha value is -3.28. The number of hydrogen-bond acceptors (Lipinski definition) is 4. The Morgan fingerprint density at radius 2 is 1.81 bits per heavy atom. The molecule has 2 N–H and O–H groups in total. The van der Waals surface area contributed by atoms with Crippen LogP contribution in [0.15, 0.2) is 46.9 Å². The molecule has 3 aromatic rings. The second kappa shape index (κ2) is 7.31. The molecule has 0 spiro atoms. The van der Waals surface area contributed by atoms with Crippen LogP contribution in [0.1, 0.15) is 33.4 Å². The monoisotopic (exact) mass is 352 g/mol. The molecule has 0 bridgehead atoms. The maximum absolute atomic E-state index is 12.6. The van der Waals surface area contributed by atoms with Gasteiger partial charge in [-0.25, -0.2) is 0 Å². The van der Waals surface area contributed by atoms with Gasteiger partial charge in [-0.1, -0.05) is 0 Å². The molecule has 134 valence electrons. The van der Waals surface area contributed by atoms with E-state index >= 15 is 0 Å². The summed E-state index contributed by atoms with van der Waals surface area (Å²) in [6, 6.07) is 12.1. The molecule has 0 radical (unpaired) electrons. The van der Waals surface area contributed by atoms with Crippen LogP contribution in [-0.4, -0.2) is 25.5 Å². The maximum Gasteiger partial charge on any atom is 0.291 e. The van der Waals surface area contributed by atoms with Gasteiger partial charge in [-0.3, -0.25) is 9.59 Å². The van der Waals surface area contributed by atoms with Crippen LogP contribution in [0, 0.1) is 6.92 Å². The van der Waals surface area contributed by atoms with Crippen molar-refractivity contribution >= 4 is 28.5 Å². The summed E-state index contributed by atoms with van der Waals surface area (Å²) in [6.07, 6.45) is 0. The lowest BCUT2D eigenvalue weighted by Crippen LogP contribution is -2.18. The number of carbonyl (C=O) groups excluding carboxylic acids is 2. The first-order chi connectivity index (χ1) is 12.5. The van der Waals surface area contributed by atoms with Gasteiger partial charge in [0, 0.05) is 29.2 Å². The minimum absolute atomic E-state index is 0.180. The second-order valence-corrected chi connectivity index (χ2v) is 5.76. The van der Waals surface area contributed by atoms with Crippen LogP contribution < -0.4 is 15.4 Å². The molecule has 0 saturated heterocycles. The van der Waals surface area contributed by atoms with Gasteiger partial charge in [0.05, 0.1) is 6.61 Å². The summed E-state index contributed by atoms with van der Waals surface area (Å²) in [6.45, 7) is 4.33. The fraction of sp³-hybridized carbons (Fsp3) is 0.200. The number of rotatable bonds is 5. The van der Waals surface area contributed by atoms with Crippen molar-refractivity contribution in [1.29, 1.82) is 0 Å². The fourth-order valence-corrected chi connectivity index (χ4v) is 2.71. The first-order valence-corrected chi connectivity index (χ1v) is 8.33. The zero-order valence-electron chi connectivity index (χ0n) is 14.9. The van der Waals surface area contributed by atoms with E-state index < -0.39 is 0 Å². The summed E-state index contributed by atoms with van der Waals surface area (Å²) in [7, 11) is 1.57. The number of furan rings is 1. The molecule has 0 atom stereocenters. The minimum atomic E-state index is -0.343. The number of nitrogens with one attached hydrogen (secondary N) is 2.